The van der Waals surface area contributed by atoms with Gasteiger partial charge in [-0.2, -0.15) is 17.0 Å². The number of piperazine rings is 1. The average Bonchev–Trinajstić information content (AvgIpc) is 2.40. The molecule has 2 aliphatic rings. The summed E-state index contributed by atoms with van der Waals surface area (Å²) in [5.74, 6) is 0. The first-order valence-electron chi connectivity index (χ1n) is 6.64. The molecule has 6 nitrogen and oxygen atoms in total. The first kappa shape index (κ1) is 14.2. The summed E-state index contributed by atoms with van der Waals surface area (Å²) >= 11 is 0. The Bertz CT molecular complexity index is 357. The van der Waals surface area contributed by atoms with Crippen LogP contribution in [-0.2, 0) is 10.2 Å². The van der Waals surface area contributed by atoms with Crippen LogP contribution in [0.25, 0.3) is 0 Å². The molecule has 0 aliphatic carbocycles. The maximum atomic E-state index is 12.4. The van der Waals surface area contributed by atoms with Gasteiger partial charge < -0.3 is 10.2 Å². The highest BCUT2D eigenvalue weighted by Gasteiger charge is 2.33. The van der Waals surface area contributed by atoms with Crippen molar-refractivity contribution < 1.29 is 8.42 Å². The highest BCUT2D eigenvalue weighted by atomic mass is 32.2. The zero-order chi connectivity index (χ0) is 13.2. The summed E-state index contributed by atoms with van der Waals surface area (Å²) in [6.45, 7) is 4.00. The third-order valence-corrected chi connectivity index (χ3v) is 5.92. The second-order valence-electron chi connectivity index (χ2n) is 5.25. The van der Waals surface area contributed by atoms with E-state index in [1.807, 2.05) is 0 Å². The predicted octanol–water partition coefficient (Wildman–Crippen LogP) is -0.838. The Hall–Kier alpha value is -0.210. The number of hydrogen-bond acceptors (Lipinski definition) is 4. The molecule has 106 valence electrons. The van der Waals surface area contributed by atoms with Gasteiger partial charge in [0.2, 0.25) is 0 Å². The molecule has 2 rings (SSSR count). The largest absolute Gasteiger partial charge is 0.314 e. The normalized spacial score (nSPS) is 25.7. The molecule has 2 saturated heterocycles. The fourth-order valence-electron chi connectivity index (χ4n) is 2.63. The van der Waals surface area contributed by atoms with Gasteiger partial charge in [-0.05, 0) is 26.9 Å². The Morgan fingerprint density at radius 2 is 1.50 bits per heavy atom. The van der Waals surface area contributed by atoms with Crippen LogP contribution in [0.3, 0.4) is 0 Å². The summed E-state index contributed by atoms with van der Waals surface area (Å²) in [6.07, 6.45) is 1.86. The summed E-state index contributed by atoms with van der Waals surface area (Å²) in [4.78, 5) is 2.19. The van der Waals surface area contributed by atoms with Gasteiger partial charge in [-0.3, -0.25) is 0 Å². The lowest BCUT2D eigenvalue weighted by Crippen LogP contribution is -2.54. The number of hydrogen-bond donors (Lipinski definition) is 1. The first-order valence-corrected chi connectivity index (χ1v) is 8.04. The van der Waals surface area contributed by atoms with E-state index >= 15 is 0 Å². The molecule has 2 aliphatic heterocycles. The van der Waals surface area contributed by atoms with Crippen LogP contribution in [0.5, 0.6) is 0 Å². The van der Waals surface area contributed by atoms with Gasteiger partial charge in [-0.1, -0.05) is 0 Å². The Labute approximate surface area is 110 Å². The lowest BCUT2D eigenvalue weighted by molar-refractivity contribution is 0.188. The molecule has 0 aromatic rings. The first-order chi connectivity index (χ1) is 8.51. The van der Waals surface area contributed by atoms with E-state index in [4.69, 9.17) is 0 Å². The van der Waals surface area contributed by atoms with Crippen molar-refractivity contribution in [2.75, 3.05) is 53.4 Å². The number of nitrogens with zero attached hydrogens (tertiary/aromatic N) is 3. The van der Waals surface area contributed by atoms with Crippen molar-refractivity contribution in [1.82, 2.24) is 18.8 Å². The van der Waals surface area contributed by atoms with Crippen LogP contribution in [0.1, 0.15) is 12.8 Å². The van der Waals surface area contributed by atoms with Gasteiger partial charge in [-0.15, -0.1) is 0 Å². The van der Waals surface area contributed by atoms with Crippen molar-refractivity contribution in [2.45, 2.75) is 18.9 Å². The van der Waals surface area contributed by atoms with Gasteiger partial charge in [0.1, 0.15) is 0 Å². The van der Waals surface area contributed by atoms with Crippen LogP contribution in [0, 0.1) is 0 Å². The minimum Gasteiger partial charge on any atom is -0.314 e. The summed E-state index contributed by atoms with van der Waals surface area (Å²) < 4.78 is 28.1. The van der Waals surface area contributed by atoms with E-state index in [0.717, 1.165) is 25.9 Å². The molecule has 2 heterocycles. The van der Waals surface area contributed by atoms with Gasteiger partial charge in [0, 0.05) is 45.3 Å². The molecule has 0 amide bonds. The minimum absolute atomic E-state index is 0.513. The van der Waals surface area contributed by atoms with Gasteiger partial charge >= 0.3 is 0 Å². The second kappa shape index (κ2) is 5.83. The van der Waals surface area contributed by atoms with Crippen LogP contribution in [0.2, 0.25) is 0 Å². The van der Waals surface area contributed by atoms with Gasteiger partial charge in [-0.25, -0.2) is 0 Å². The third kappa shape index (κ3) is 3.03. The third-order valence-electron chi connectivity index (χ3n) is 3.88. The maximum Gasteiger partial charge on any atom is 0.282 e. The molecule has 0 unspecified atom stereocenters. The maximum absolute atomic E-state index is 12.4. The lowest BCUT2D eigenvalue weighted by Gasteiger charge is -2.38. The van der Waals surface area contributed by atoms with E-state index in [1.54, 1.807) is 8.61 Å². The Morgan fingerprint density at radius 3 is 2.00 bits per heavy atom. The van der Waals surface area contributed by atoms with E-state index in [-0.39, 0.29) is 0 Å². The summed E-state index contributed by atoms with van der Waals surface area (Å²) in [5.41, 5.74) is 0. The predicted molar refractivity (Wildman–Crippen MR) is 71.6 cm³/mol. The van der Waals surface area contributed by atoms with E-state index in [0.29, 0.717) is 32.2 Å². The zero-order valence-electron chi connectivity index (χ0n) is 11.3. The molecule has 7 heteroatoms. The van der Waals surface area contributed by atoms with Crippen molar-refractivity contribution in [1.29, 1.82) is 0 Å². The standard InChI is InChI=1S/C11H24N4O2S/c1-13(2)11-3-7-14(8-4-11)18(16,17)15-9-5-12-6-10-15/h11-12H,3-10H2,1-2H3. The molecule has 0 bridgehead atoms. The molecule has 0 radical (unpaired) electrons. The topological polar surface area (TPSA) is 55.9 Å². The van der Waals surface area contributed by atoms with Crippen molar-refractivity contribution in [3.05, 3.63) is 0 Å². The van der Waals surface area contributed by atoms with Crippen molar-refractivity contribution in [3.8, 4) is 0 Å². The quantitative estimate of drug-likeness (QED) is 0.730. The summed E-state index contributed by atoms with van der Waals surface area (Å²) in [7, 11) is 0.895. The van der Waals surface area contributed by atoms with Gasteiger partial charge in [0.15, 0.2) is 0 Å². The SMILES string of the molecule is CN(C)C1CCN(S(=O)(=O)N2CCNCC2)CC1. The van der Waals surface area contributed by atoms with E-state index in [1.165, 1.54) is 0 Å². The van der Waals surface area contributed by atoms with Gasteiger partial charge in [0.05, 0.1) is 0 Å². The molecule has 2 fully saturated rings. The monoisotopic (exact) mass is 276 g/mol. The highest BCUT2D eigenvalue weighted by molar-refractivity contribution is 7.86. The molecule has 0 saturated carbocycles. The summed E-state index contributed by atoms with van der Waals surface area (Å²) in [5, 5.41) is 3.18. The van der Waals surface area contributed by atoms with Crippen molar-refractivity contribution in [2.24, 2.45) is 0 Å². The highest BCUT2D eigenvalue weighted by Crippen LogP contribution is 2.19. The summed E-state index contributed by atoms with van der Waals surface area (Å²) in [6, 6.07) is 0.513. The molecule has 0 aromatic heterocycles. The molecular weight excluding hydrogens is 252 g/mol. The number of rotatable bonds is 3. The Morgan fingerprint density at radius 1 is 1.00 bits per heavy atom. The minimum atomic E-state index is -3.23. The molecular formula is C11H24N4O2S. The van der Waals surface area contributed by atoms with E-state index in [2.05, 4.69) is 24.3 Å². The van der Waals surface area contributed by atoms with E-state index < -0.39 is 10.2 Å². The number of nitrogens with one attached hydrogen (secondary N) is 1. The number of piperidine rings is 1. The van der Waals surface area contributed by atoms with E-state index in [9.17, 15) is 8.42 Å². The molecule has 1 N–H and O–H groups in total. The fraction of sp³-hybridized carbons (Fsp3) is 1.00. The molecule has 18 heavy (non-hydrogen) atoms. The van der Waals surface area contributed by atoms with Gasteiger partial charge in [0.25, 0.3) is 10.2 Å². The molecule has 0 atom stereocenters. The fourth-order valence-corrected chi connectivity index (χ4v) is 4.27. The Kier molecular flexibility index (Phi) is 4.60. The van der Waals surface area contributed by atoms with Crippen LogP contribution >= 0.6 is 0 Å². The van der Waals surface area contributed by atoms with Crippen LogP contribution in [0.15, 0.2) is 0 Å². The average molecular weight is 276 g/mol. The molecule has 0 spiro atoms. The zero-order valence-corrected chi connectivity index (χ0v) is 12.1. The lowest BCUT2D eigenvalue weighted by atomic mass is 10.1. The van der Waals surface area contributed by atoms with Crippen LogP contribution < -0.4 is 5.32 Å². The van der Waals surface area contributed by atoms with Crippen LogP contribution in [0.4, 0.5) is 0 Å². The van der Waals surface area contributed by atoms with Crippen molar-refractivity contribution in [3.63, 3.8) is 0 Å². The smallest absolute Gasteiger partial charge is 0.282 e. The molecule has 0 aromatic carbocycles. The van der Waals surface area contributed by atoms with Crippen molar-refractivity contribution >= 4 is 10.2 Å². The van der Waals surface area contributed by atoms with Crippen LogP contribution in [-0.4, -0.2) is 81.3 Å². The second-order valence-corrected chi connectivity index (χ2v) is 7.18. The Balaban J connectivity index is 1.95.